The zero-order valence-electron chi connectivity index (χ0n) is 14.3. The first kappa shape index (κ1) is 16.1. The molecule has 3 heterocycles. The molecule has 0 aliphatic rings. The lowest BCUT2D eigenvalue weighted by atomic mass is 10.2. The van der Waals surface area contributed by atoms with Crippen LogP contribution in [-0.4, -0.2) is 42.6 Å². The van der Waals surface area contributed by atoms with E-state index in [4.69, 9.17) is 0 Å². The number of fused-ring (bicyclic) bond motifs is 1. The molecule has 3 aromatic heterocycles. The van der Waals surface area contributed by atoms with E-state index in [1.165, 1.54) is 0 Å². The van der Waals surface area contributed by atoms with E-state index in [9.17, 15) is 0 Å². The van der Waals surface area contributed by atoms with Gasteiger partial charge < -0.3 is 10.6 Å². The van der Waals surface area contributed by atoms with Crippen molar-refractivity contribution < 1.29 is 0 Å². The molecule has 132 valence electrons. The predicted octanol–water partition coefficient (Wildman–Crippen LogP) is 2.25. The zero-order valence-corrected chi connectivity index (χ0v) is 14.3. The highest BCUT2D eigenvalue weighted by Crippen LogP contribution is 2.21. The Morgan fingerprint density at radius 1 is 0.769 bits per heavy atom. The monoisotopic (exact) mass is 348 g/mol. The number of para-hydroxylation sites is 1. The van der Waals surface area contributed by atoms with Crippen LogP contribution >= 0.6 is 0 Å². The summed E-state index contributed by atoms with van der Waals surface area (Å²) in [5.41, 5.74) is 0.908. The van der Waals surface area contributed by atoms with Gasteiger partial charge in [0.1, 0.15) is 5.82 Å². The van der Waals surface area contributed by atoms with Crippen LogP contribution in [0.1, 0.15) is 0 Å². The van der Waals surface area contributed by atoms with Gasteiger partial charge in [-0.15, -0.1) is 0 Å². The number of benzene rings is 1. The third-order valence-corrected chi connectivity index (χ3v) is 3.98. The van der Waals surface area contributed by atoms with E-state index in [-0.39, 0.29) is 0 Å². The van der Waals surface area contributed by atoms with Crippen molar-refractivity contribution in [1.29, 1.82) is 0 Å². The summed E-state index contributed by atoms with van der Waals surface area (Å²) in [4.78, 5) is 9.25. The molecule has 0 unspecified atom stereocenters. The minimum absolute atomic E-state index is 0.609. The molecule has 8 nitrogen and oxygen atoms in total. The fourth-order valence-corrected chi connectivity index (χ4v) is 2.73. The summed E-state index contributed by atoms with van der Waals surface area (Å²) in [5, 5.41) is 16.1. The van der Waals surface area contributed by atoms with Crippen molar-refractivity contribution >= 4 is 22.7 Å². The highest BCUT2D eigenvalue weighted by Gasteiger charge is 2.07. The fraction of sp³-hybridized carbons (Fsp3) is 0.222. The minimum atomic E-state index is 0.609. The second-order valence-corrected chi connectivity index (χ2v) is 5.80. The van der Waals surface area contributed by atoms with Crippen molar-refractivity contribution in [3.63, 3.8) is 0 Å². The molecule has 0 radical (unpaired) electrons. The number of nitrogens with zero attached hydrogens (tertiary/aromatic N) is 6. The average molecular weight is 348 g/mol. The van der Waals surface area contributed by atoms with Crippen LogP contribution in [0.3, 0.4) is 0 Å². The normalized spacial score (nSPS) is 10.9. The van der Waals surface area contributed by atoms with E-state index in [2.05, 4.69) is 30.8 Å². The van der Waals surface area contributed by atoms with Gasteiger partial charge in [0.05, 0.1) is 18.6 Å². The van der Waals surface area contributed by atoms with E-state index in [0.717, 1.165) is 36.4 Å². The summed E-state index contributed by atoms with van der Waals surface area (Å²) >= 11 is 0. The summed E-state index contributed by atoms with van der Waals surface area (Å²) < 4.78 is 3.76. The zero-order chi connectivity index (χ0) is 17.6. The van der Waals surface area contributed by atoms with Gasteiger partial charge in [-0.25, -0.2) is 4.98 Å². The van der Waals surface area contributed by atoms with Gasteiger partial charge in [0.2, 0.25) is 5.95 Å². The minimum Gasteiger partial charge on any atom is -0.368 e. The van der Waals surface area contributed by atoms with Gasteiger partial charge in [-0.3, -0.25) is 9.36 Å². The van der Waals surface area contributed by atoms with Crippen molar-refractivity contribution in [3.05, 3.63) is 61.2 Å². The summed E-state index contributed by atoms with van der Waals surface area (Å²) in [6, 6.07) is 11.8. The topological polar surface area (TPSA) is 85.5 Å². The van der Waals surface area contributed by atoms with Crippen LogP contribution in [-0.2, 0) is 13.1 Å². The highest BCUT2D eigenvalue weighted by molar-refractivity contribution is 5.89. The molecule has 1 aromatic carbocycles. The van der Waals surface area contributed by atoms with Crippen LogP contribution in [0, 0.1) is 0 Å². The van der Waals surface area contributed by atoms with Crippen LogP contribution in [0.15, 0.2) is 61.2 Å². The maximum absolute atomic E-state index is 4.65. The van der Waals surface area contributed by atoms with Crippen LogP contribution in [0.25, 0.3) is 10.9 Å². The molecule has 0 atom stereocenters. The van der Waals surface area contributed by atoms with Crippen LogP contribution in [0.2, 0.25) is 0 Å². The van der Waals surface area contributed by atoms with E-state index in [0.29, 0.717) is 12.5 Å². The number of aromatic nitrogens is 6. The van der Waals surface area contributed by atoms with Crippen LogP contribution in [0.5, 0.6) is 0 Å². The van der Waals surface area contributed by atoms with E-state index in [1.807, 2.05) is 58.2 Å². The molecule has 0 saturated carbocycles. The second-order valence-electron chi connectivity index (χ2n) is 5.80. The lowest BCUT2D eigenvalue weighted by Gasteiger charge is -2.12. The molecule has 4 aromatic rings. The van der Waals surface area contributed by atoms with E-state index >= 15 is 0 Å². The number of nitrogens with one attached hydrogen (secondary N) is 2. The summed E-state index contributed by atoms with van der Waals surface area (Å²) in [6.45, 7) is 2.96. The first-order chi connectivity index (χ1) is 12.9. The van der Waals surface area contributed by atoms with Crippen molar-refractivity contribution in [2.24, 2.45) is 0 Å². The van der Waals surface area contributed by atoms with Crippen molar-refractivity contribution in [3.8, 4) is 0 Å². The Morgan fingerprint density at radius 2 is 1.46 bits per heavy atom. The van der Waals surface area contributed by atoms with Gasteiger partial charge in [-0.2, -0.15) is 15.2 Å². The highest BCUT2D eigenvalue weighted by atomic mass is 15.3. The Morgan fingerprint density at radius 3 is 2.15 bits per heavy atom. The predicted molar refractivity (Wildman–Crippen MR) is 101 cm³/mol. The third kappa shape index (κ3) is 3.80. The standard InChI is InChI=1S/C18H20N8/c1-2-6-16-15(5-1)17(19-9-13-25-11-3-7-21-25)24-18(23-16)20-10-14-26-12-4-8-22-26/h1-8,11-12H,9-10,13-14H2,(H2,19,20,23,24). The maximum atomic E-state index is 4.65. The third-order valence-electron chi connectivity index (χ3n) is 3.98. The SMILES string of the molecule is c1ccc2c(NCCn3cccn3)nc(NCCn3cccn3)nc2c1. The molecule has 26 heavy (non-hydrogen) atoms. The molecular weight excluding hydrogens is 328 g/mol. The van der Waals surface area contributed by atoms with Crippen molar-refractivity contribution in [2.75, 3.05) is 23.7 Å². The average Bonchev–Trinajstić information content (AvgIpc) is 3.36. The molecule has 8 heteroatoms. The van der Waals surface area contributed by atoms with E-state index in [1.54, 1.807) is 12.4 Å². The number of hydrogen-bond acceptors (Lipinski definition) is 6. The summed E-state index contributed by atoms with van der Waals surface area (Å²) in [5.74, 6) is 1.43. The van der Waals surface area contributed by atoms with Gasteiger partial charge in [-0.1, -0.05) is 12.1 Å². The first-order valence-corrected chi connectivity index (χ1v) is 8.58. The Hall–Kier alpha value is -3.42. The first-order valence-electron chi connectivity index (χ1n) is 8.58. The molecule has 0 spiro atoms. The molecule has 4 rings (SSSR count). The van der Waals surface area contributed by atoms with Gasteiger partial charge >= 0.3 is 0 Å². The van der Waals surface area contributed by atoms with Gasteiger partial charge in [-0.05, 0) is 24.3 Å². The molecule has 2 N–H and O–H groups in total. The Labute approximate surface area is 150 Å². The number of anilines is 2. The quantitative estimate of drug-likeness (QED) is 0.508. The molecule has 0 aliphatic carbocycles. The summed E-state index contributed by atoms with van der Waals surface area (Å²) in [6.07, 6.45) is 7.43. The van der Waals surface area contributed by atoms with Gasteiger partial charge in [0.15, 0.2) is 0 Å². The number of hydrogen-bond donors (Lipinski definition) is 2. The molecular formula is C18H20N8. The molecule has 0 fully saturated rings. The van der Waals surface area contributed by atoms with Crippen LogP contribution in [0.4, 0.5) is 11.8 Å². The largest absolute Gasteiger partial charge is 0.368 e. The van der Waals surface area contributed by atoms with Crippen LogP contribution < -0.4 is 10.6 Å². The fourth-order valence-electron chi connectivity index (χ4n) is 2.73. The van der Waals surface area contributed by atoms with Gasteiger partial charge in [0.25, 0.3) is 0 Å². The van der Waals surface area contributed by atoms with Crippen molar-refractivity contribution in [2.45, 2.75) is 13.1 Å². The lowest BCUT2D eigenvalue weighted by Crippen LogP contribution is -2.15. The molecule has 0 saturated heterocycles. The lowest BCUT2D eigenvalue weighted by molar-refractivity contribution is 0.635. The molecule has 0 amide bonds. The Balaban J connectivity index is 1.46. The Bertz CT molecular complexity index is 947. The van der Waals surface area contributed by atoms with Gasteiger partial charge in [0, 0.05) is 43.3 Å². The molecule has 0 aliphatic heterocycles. The second kappa shape index (κ2) is 7.64. The summed E-state index contributed by atoms with van der Waals surface area (Å²) in [7, 11) is 0. The molecule has 0 bridgehead atoms. The number of rotatable bonds is 8. The van der Waals surface area contributed by atoms with E-state index < -0.39 is 0 Å². The maximum Gasteiger partial charge on any atom is 0.225 e. The smallest absolute Gasteiger partial charge is 0.225 e. The Kier molecular flexibility index (Phi) is 4.72. The van der Waals surface area contributed by atoms with Crippen molar-refractivity contribution in [1.82, 2.24) is 29.5 Å².